The summed E-state index contributed by atoms with van der Waals surface area (Å²) >= 11 is 0. The first-order valence-electron chi connectivity index (χ1n) is 8.12. The van der Waals surface area contributed by atoms with Crippen molar-refractivity contribution >= 4 is 6.03 Å². The van der Waals surface area contributed by atoms with Crippen molar-refractivity contribution in [2.45, 2.75) is 38.8 Å². The minimum Gasteiger partial charge on any atom is -0.335 e. The first-order valence-corrected chi connectivity index (χ1v) is 8.12. The molecule has 0 aliphatic carbocycles. The Hall–Kier alpha value is -2.36. The van der Waals surface area contributed by atoms with E-state index in [4.69, 9.17) is 0 Å². The van der Waals surface area contributed by atoms with Gasteiger partial charge in [-0.1, -0.05) is 56.3 Å². The van der Waals surface area contributed by atoms with Gasteiger partial charge in [0.05, 0.1) is 0 Å². The van der Waals surface area contributed by atoms with E-state index < -0.39 is 0 Å². The van der Waals surface area contributed by atoms with Gasteiger partial charge in [0.2, 0.25) is 0 Å². The van der Waals surface area contributed by atoms with Gasteiger partial charge in [0, 0.05) is 25.0 Å². The molecule has 0 aliphatic heterocycles. The third kappa shape index (κ3) is 4.34. The molecule has 4 heteroatoms. The SMILES string of the molecule is CC(NC(=O)N(C)Cc1ccc(F)cc1)C(C)(C)c1ccccc1. The topological polar surface area (TPSA) is 32.3 Å². The molecule has 0 saturated carbocycles. The molecule has 2 aromatic rings. The smallest absolute Gasteiger partial charge is 0.317 e. The predicted octanol–water partition coefficient (Wildman–Crippen LogP) is 4.33. The van der Waals surface area contributed by atoms with E-state index in [2.05, 4.69) is 31.3 Å². The third-order valence-electron chi connectivity index (χ3n) is 4.62. The fraction of sp³-hybridized carbons (Fsp3) is 0.350. The lowest BCUT2D eigenvalue weighted by Crippen LogP contribution is -2.49. The van der Waals surface area contributed by atoms with Gasteiger partial charge in [-0.3, -0.25) is 0 Å². The number of benzene rings is 2. The molecule has 3 nitrogen and oxygen atoms in total. The quantitative estimate of drug-likeness (QED) is 0.870. The van der Waals surface area contributed by atoms with Crippen LogP contribution in [0.3, 0.4) is 0 Å². The van der Waals surface area contributed by atoms with Crippen LogP contribution in [0.5, 0.6) is 0 Å². The normalized spacial score (nSPS) is 12.5. The highest BCUT2D eigenvalue weighted by Crippen LogP contribution is 2.26. The van der Waals surface area contributed by atoms with Crippen LogP contribution in [-0.4, -0.2) is 24.0 Å². The third-order valence-corrected chi connectivity index (χ3v) is 4.62. The molecule has 0 saturated heterocycles. The second kappa shape index (κ2) is 7.47. The molecule has 128 valence electrons. The van der Waals surface area contributed by atoms with Crippen LogP contribution in [0.1, 0.15) is 31.9 Å². The van der Waals surface area contributed by atoms with E-state index >= 15 is 0 Å². The van der Waals surface area contributed by atoms with Crippen LogP contribution in [-0.2, 0) is 12.0 Å². The summed E-state index contributed by atoms with van der Waals surface area (Å²) in [6.07, 6.45) is 0. The molecule has 0 fully saturated rings. The Kier molecular flexibility index (Phi) is 5.60. The van der Waals surface area contributed by atoms with Gasteiger partial charge < -0.3 is 10.2 Å². The van der Waals surface area contributed by atoms with Gasteiger partial charge in [-0.05, 0) is 30.2 Å². The zero-order valence-corrected chi connectivity index (χ0v) is 14.7. The van der Waals surface area contributed by atoms with Crippen molar-refractivity contribution in [1.29, 1.82) is 0 Å². The highest BCUT2D eigenvalue weighted by Gasteiger charge is 2.29. The van der Waals surface area contributed by atoms with Gasteiger partial charge in [-0.15, -0.1) is 0 Å². The van der Waals surface area contributed by atoms with Gasteiger partial charge in [0.25, 0.3) is 0 Å². The predicted molar refractivity (Wildman–Crippen MR) is 95.3 cm³/mol. The van der Waals surface area contributed by atoms with Gasteiger partial charge in [0.1, 0.15) is 5.82 Å². The summed E-state index contributed by atoms with van der Waals surface area (Å²) in [6, 6.07) is 16.2. The first kappa shape index (κ1) is 18.0. The van der Waals surface area contributed by atoms with Crippen LogP contribution in [0.25, 0.3) is 0 Å². The number of carbonyl (C=O) groups excluding carboxylic acids is 1. The molecule has 2 rings (SSSR count). The summed E-state index contributed by atoms with van der Waals surface area (Å²) in [4.78, 5) is 14.0. The molecule has 1 atom stereocenters. The maximum Gasteiger partial charge on any atom is 0.317 e. The molecule has 2 aromatic carbocycles. The Morgan fingerprint density at radius 2 is 1.71 bits per heavy atom. The van der Waals surface area contributed by atoms with Crippen molar-refractivity contribution in [3.8, 4) is 0 Å². The van der Waals surface area contributed by atoms with Crippen LogP contribution in [0, 0.1) is 5.82 Å². The summed E-state index contributed by atoms with van der Waals surface area (Å²) in [5.74, 6) is -0.274. The minimum atomic E-state index is -0.274. The molecule has 1 unspecified atom stereocenters. The van der Waals surface area contributed by atoms with Crippen LogP contribution >= 0.6 is 0 Å². The summed E-state index contributed by atoms with van der Waals surface area (Å²) in [5, 5.41) is 3.06. The maximum atomic E-state index is 13.0. The summed E-state index contributed by atoms with van der Waals surface area (Å²) in [5.41, 5.74) is 1.89. The standard InChI is InChI=1S/C20H25FN2O/c1-15(20(2,3)17-8-6-5-7-9-17)22-19(24)23(4)14-16-10-12-18(21)13-11-16/h5-13,15H,14H2,1-4H3,(H,22,24). The lowest BCUT2D eigenvalue weighted by atomic mass is 9.78. The lowest BCUT2D eigenvalue weighted by Gasteiger charge is -2.34. The summed E-state index contributed by atoms with van der Waals surface area (Å²) in [7, 11) is 1.74. The van der Waals surface area contributed by atoms with Crippen LogP contribution < -0.4 is 5.32 Å². The van der Waals surface area contributed by atoms with Crippen molar-refractivity contribution in [3.05, 3.63) is 71.5 Å². The van der Waals surface area contributed by atoms with E-state index in [0.29, 0.717) is 6.54 Å². The van der Waals surface area contributed by atoms with Crippen molar-refractivity contribution in [2.75, 3.05) is 7.05 Å². The summed E-state index contributed by atoms with van der Waals surface area (Å²) < 4.78 is 13.0. The molecule has 0 bridgehead atoms. The van der Waals surface area contributed by atoms with Crippen molar-refractivity contribution in [2.24, 2.45) is 0 Å². The Morgan fingerprint density at radius 3 is 2.29 bits per heavy atom. The van der Waals surface area contributed by atoms with Crippen molar-refractivity contribution < 1.29 is 9.18 Å². The molecule has 0 aliphatic rings. The second-order valence-electron chi connectivity index (χ2n) is 6.74. The molecule has 1 N–H and O–H groups in total. The van der Waals surface area contributed by atoms with E-state index in [9.17, 15) is 9.18 Å². The molecule has 0 radical (unpaired) electrons. The fourth-order valence-electron chi connectivity index (χ4n) is 2.53. The Morgan fingerprint density at radius 1 is 1.12 bits per heavy atom. The number of nitrogens with zero attached hydrogens (tertiary/aromatic N) is 1. The molecular weight excluding hydrogens is 303 g/mol. The Labute approximate surface area is 143 Å². The lowest BCUT2D eigenvalue weighted by molar-refractivity contribution is 0.197. The molecule has 2 amide bonds. The monoisotopic (exact) mass is 328 g/mol. The van der Waals surface area contributed by atoms with Gasteiger partial charge in [0.15, 0.2) is 0 Å². The number of nitrogens with one attached hydrogen (secondary N) is 1. The van der Waals surface area contributed by atoms with Crippen LogP contribution in [0.15, 0.2) is 54.6 Å². The van der Waals surface area contributed by atoms with E-state index in [1.165, 1.54) is 17.7 Å². The Balaban J connectivity index is 1.98. The van der Waals surface area contributed by atoms with Crippen molar-refractivity contribution in [1.82, 2.24) is 10.2 Å². The largest absolute Gasteiger partial charge is 0.335 e. The van der Waals surface area contributed by atoms with Crippen molar-refractivity contribution in [3.63, 3.8) is 0 Å². The average Bonchev–Trinajstić information content (AvgIpc) is 2.57. The van der Waals surface area contributed by atoms with E-state index in [0.717, 1.165) is 5.56 Å². The van der Waals surface area contributed by atoms with Crippen LogP contribution in [0.2, 0.25) is 0 Å². The van der Waals surface area contributed by atoms with E-state index in [1.54, 1.807) is 24.1 Å². The molecule has 0 spiro atoms. The van der Waals surface area contributed by atoms with Crippen LogP contribution in [0.4, 0.5) is 9.18 Å². The highest BCUT2D eigenvalue weighted by molar-refractivity contribution is 5.74. The number of amides is 2. The number of carbonyl (C=O) groups is 1. The minimum absolute atomic E-state index is 0.0388. The highest BCUT2D eigenvalue weighted by atomic mass is 19.1. The maximum absolute atomic E-state index is 13.0. The number of rotatable bonds is 5. The molecular formula is C20H25FN2O. The number of halogens is 1. The zero-order chi connectivity index (χ0) is 17.7. The first-order chi connectivity index (χ1) is 11.3. The number of hydrogen-bond donors (Lipinski definition) is 1. The number of hydrogen-bond acceptors (Lipinski definition) is 1. The van der Waals surface area contributed by atoms with Gasteiger partial charge in [-0.25, -0.2) is 9.18 Å². The molecule has 0 heterocycles. The number of urea groups is 1. The average molecular weight is 328 g/mol. The van der Waals surface area contributed by atoms with E-state index in [-0.39, 0.29) is 23.3 Å². The molecule has 24 heavy (non-hydrogen) atoms. The zero-order valence-electron chi connectivity index (χ0n) is 14.7. The second-order valence-corrected chi connectivity index (χ2v) is 6.74. The van der Waals surface area contributed by atoms with Gasteiger partial charge in [-0.2, -0.15) is 0 Å². The van der Waals surface area contributed by atoms with Gasteiger partial charge >= 0.3 is 6.03 Å². The Bertz CT molecular complexity index is 668. The fourth-order valence-corrected chi connectivity index (χ4v) is 2.53. The molecule has 0 aromatic heterocycles. The van der Waals surface area contributed by atoms with E-state index in [1.807, 2.05) is 25.1 Å². The summed E-state index contributed by atoms with van der Waals surface area (Å²) in [6.45, 7) is 6.68.